The molecule has 0 amide bonds. The van der Waals surface area contributed by atoms with Gasteiger partial charge in [0.05, 0.1) is 23.2 Å². The van der Waals surface area contributed by atoms with E-state index < -0.39 is 0 Å². The Bertz CT molecular complexity index is 1100. The molecule has 0 spiro atoms. The van der Waals surface area contributed by atoms with Crippen LogP contribution in [0.5, 0.6) is 0 Å². The maximum Gasteiger partial charge on any atom is 0.154 e. The van der Waals surface area contributed by atoms with E-state index in [1.165, 1.54) is 6.33 Å². The Hall–Kier alpha value is -2.90. The van der Waals surface area contributed by atoms with Crippen LogP contribution in [0.1, 0.15) is 18.5 Å². The molecule has 3 aromatic heterocycles. The third-order valence-corrected chi connectivity index (χ3v) is 4.69. The average Bonchev–Trinajstić information content (AvgIpc) is 3.16. The van der Waals surface area contributed by atoms with E-state index >= 15 is 0 Å². The first kappa shape index (κ1) is 17.5. The van der Waals surface area contributed by atoms with Gasteiger partial charge in [0.2, 0.25) is 0 Å². The van der Waals surface area contributed by atoms with Crippen LogP contribution in [-0.4, -0.2) is 37.8 Å². The van der Waals surface area contributed by atoms with Crippen LogP contribution in [0.25, 0.3) is 16.4 Å². The van der Waals surface area contributed by atoms with E-state index in [2.05, 4.69) is 26.8 Å². The van der Waals surface area contributed by atoms with Crippen LogP contribution >= 0.6 is 11.6 Å². The minimum absolute atomic E-state index is 0.0141. The highest BCUT2D eigenvalue weighted by atomic mass is 35.5. The van der Waals surface area contributed by atoms with Crippen molar-refractivity contribution in [2.24, 2.45) is 0 Å². The zero-order valence-corrected chi connectivity index (χ0v) is 15.5. The normalized spacial score (nSPS) is 12.4. The molecule has 0 aliphatic carbocycles. The summed E-state index contributed by atoms with van der Waals surface area (Å²) < 4.78 is 1.77. The standard InChI is InChI=1S/C19H19ClN6O/c1-12(24-19-16-6-3-8-26(16)23-11-22-19)14-10-13-4-2-5-15(20)17(13)25-18(14)21-7-9-27/h2-6,8,10-12,27H,7,9H2,1H3,(H,21,25)(H,22,23,24)/t12-/m0/s1. The van der Waals surface area contributed by atoms with E-state index in [-0.39, 0.29) is 12.6 Å². The Morgan fingerprint density at radius 2 is 2.11 bits per heavy atom. The van der Waals surface area contributed by atoms with Gasteiger partial charge in [0, 0.05) is 23.7 Å². The van der Waals surface area contributed by atoms with Crippen molar-refractivity contribution >= 4 is 39.7 Å². The van der Waals surface area contributed by atoms with Crippen LogP contribution in [0.2, 0.25) is 5.02 Å². The fraction of sp³-hybridized carbons (Fsp3) is 0.211. The minimum atomic E-state index is -0.0873. The summed E-state index contributed by atoms with van der Waals surface area (Å²) in [6.45, 7) is 2.46. The number of benzene rings is 1. The quantitative estimate of drug-likeness (QED) is 0.473. The number of fused-ring (bicyclic) bond motifs is 2. The molecule has 0 saturated carbocycles. The number of pyridine rings is 1. The number of nitrogens with one attached hydrogen (secondary N) is 2. The second kappa shape index (κ2) is 7.38. The van der Waals surface area contributed by atoms with Crippen molar-refractivity contribution in [2.45, 2.75) is 13.0 Å². The first-order valence-corrected chi connectivity index (χ1v) is 9.04. The first-order valence-electron chi connectivity index (χ1n) is 8.66. The molecule has 0 bridgehead atoms. The summed E-state index contributed by atoms with van der Waals surface area (Å²) in [6.07, 6.45) is 3.39. The molecule has 27 heavy (non-hydrogen) atoms. The smallest absolute Gasteiger partial charge is 0.154 e. The molecule has 0 unspecified atom stereocenters. The number of para-hydroxylation sites is 1. The van der Waals surface area contributed by atoms with Gasteiger partial charge in [-0.05, 0) is 31.2 Å². The Kier molecular flexibility index (Phi) is 4.79. The van der Waals surface area contributed by atoms with Crippen molar-refractivity contribution in [2.75, 3.05) is 23.8 Å². The lowest BCUT2D eigenvalue weighted by Gasteiger charge is -2.20. The number of halogens is 1. The van der Waals surface area contributed by atoms with Crippen molar-refractivity contribution in [1.82, 2.24) is 19.6 Å². The molecule has 4 rings (SSSR count). The van der Waals surface area contributed by atoms with Gasteiger partial charge in [-0.1, -0.05) is 23.7 Å². The van der Waals surface area contributed by atoms with E-state index in [9.17, 15) is 5.11 Å². The molecular weight excluding hydrogens is 364 g/mol. The van der Waals surface area contributed by atoms with Crippen LogP contribution in [0, 0.1) is 0 Å². The van der Waals surface area contributed by atoms with Gasteiger partial charge in [0.1, 0.15) is 17.7 Å². The first-order chi connectivity index (χ1) is 13.2. The van der Waals surface area contributed by atoms with E-state index in [4.69, 9.17) is 16.6 Å². The van der Waals surface area contributed by atoms with E-state index in [0.29, 0.717) is 17.4 Å². The summed E-state index contributed by atoms with van der Waals surface area (Å²) in [5.74, 6) is 1.42. The van der Waals surface area contributed by atoms with Crippen LogP contribution in [0.4, 0.5) is 11.6 Å². The van der Waals surface area contributed by atoms with Gasteiger partial charge in [-0.3, -0.25) is 0 Å². The number of anilines is 2. The van der Waals surface area contributed by atoms with E-state index in [1.54, 1.807) is 4.52 Å². The molecule has 8 heteroatoms. The number of nitrogens with zero attached hydrogens (tertiary/aromatic N) is 4. The lowest BCUT2D eigenvalue weighted by atomic mass is 10.1. The molecule has 138 valence electrons. The van der Waals surface area contributed by atoms with Gasteiger partial charge in [0.15, 0.2) is 5.82 Å². The second-order valence-corrected chi connectivity index (χ2v) is 6.61. The molecule has 0 fully saturated rings. The molecule has 1 aromatic carbocycles. The van der Waals surface area contributed by atoms with Crippen molar-refractivity contribution in [3.05, 3.63) is 59.5 Å². The number of rotatable bonds is 6. The number of aliphatic hydroxyl groups is 1. The Morgan fingerprint density at radius 3 is 2.96 bits per heavy atom. The van der Waals surface area contributed by atoms with Crippen LogP contribution < -0.4 is 10.6 Å². The Labute approximate surface area is 161 Å². The predicted octanol–water partition coefficient (Wildman–Crippen LogP) is 3.51. The van der Waals surface area contributed by atoms with E-state index in [1.807, 2.05) is 43.5 Å². The minimum Gasteiger partial charge on any atom is -0.395 e. The average molecular weight is 383 g/mol. The maximum absolute atomic E-state index is 9.20. The topological polar surface area (TPSA) is 87.4 Å². The highest BCUT2D eigenvalue weighted by molar-refractivity contribution is 6.35. The molecular formula is C19H19ClN6O. The second-order valence-electron chi connectivity index (χ2n) is 6.20. The maximum atomic E-state index is 9.20. The van der Waals surface area contributed by atoms with Crippen molar-refractivity contribution in [3.8, 4) is 0 Å². The molecule has 0 aliphatic heterocycles. The summed E-state index contributed by atoms with van der Waals surface area (Å²) >= 11 is 6.30. The molecule has 3 N–H and O–H groups in total. The fourth-order valence-corrected chi connectivity index (χ4v) is 3.31. The summed E-state index contributed by atoms with van der Waals surface area (Å²) in [6, 6.07) is 11.6. The van der Waals surface area contributed by atoms with Crippen molar-refractivity contribution < 1.29 is 5.11 Å². The monoisotopic (exact) mass is 382 g/mol. The summed E-state index contributed by atoms with van der Waals surface area (Å²) in [4.78, 5) is 9.06. The van der Waals surface area contributed by atoms with Crippen LogP contribution in [0.15, 0.2) is 48.9 Å². The predicted molar refractivity (Wildman–Crippen MR) is 107 cm³/mol. The zero-order valence-electron chi connectivity index (χ0n) is 14.7. The van der Waals surface area contributed by atoms with Gasteiger partial charge in [-0.25, -0.2) is 14.5 Å². The molecule has 1 atom stereocenters. The van der Waals surface area contributed by atoms with Gasteiger partial charge in [-0.2, -0.15) is 5.10 Å². The highest BCUT2D eigenvalue weighted by Gasteiger charge is 2.16. The van der Waals surface area contributed by atoms with Gasteiger partial charge in [0.25, 0.3) is 0 Å². The third-order valence-electron chi connectivity index (χ3n) is 4.38. The SMILES string of the molecule is C[C@H](Nc1ncnn2cccc12)c1cc2cccc(Cl)c2nc1NCCO. The molecule has 7 nitrogen and oxygen atoms in total. The van der Waals surface area contributed by atoms with Crippen molar-refractivity contribution in [3.63, 3.8) is 0 Å². The lowest BCUT2D eigenvalue weighted by Crippen LogP contribution is -2.15. The van der Waals surface area contributed by atoms with Gasteiger partial charge < -0.3 is 15.7 Å². The van der Waals surface area contributed by atoms with Crippen LogP contribution in [-0.2, 0) is 0 Å². The Balaban J connectivity index is 1.75. The number of aromatic nitrogens is 4. The largest absolute Gasteiger partial charge is 0.395 e. The molecule has 0 aliphatic rings. The van der Waals surface area contributed by atoms with E-state index in [0.717, 1.165) is 27.8 Å². The summed E-state index contributed by atoms with van der Waals surface area (Å²) in [7, 11) is 0. The molecule has 3 heterocycles. The summed E-state index contributed by atoms with van der Waals surface area (Å²) in [5, 5.41) is 21.6. The van der Waals surface area contributed by atoms with Gasteiger partial charge in [-0.15, -0.1) is 0 Å². The zero-order chi connectivity index (χ0) is 18.8. The number of hydrogen-bond donors (Lipinski definition) is 3. The van der Waals surface area contributed by atoms with Gasteiger partial charge >= 0.3 is 0 Å². The van der Waals surface area contributed by atoms with Crippen LogP contribution in [0.3, 0.4) is 0 Å². The molecule has 0 radical (unpaired) electrons. The highest BCUT2D eigenvalue weighted by Crippen LogP contribution is 2.31. The number of aliphatic hydroxyl groups excluding tert-OH is 1. The fourth-order valence-electron chi connectivity index (χ4n) is 3.08. The van der Waals surface area contributed by atoms with Crippen molar-refractivity contribution in [1.29, 1.82) is 0 Å². The molecule has 0 saturated heterocycles. The number of hydrogen-bond acceptors (Lipinski definition) is 6. The summed E-state index contributed by atoms with van der Waals surface area (Å²) in [5.41, 5.74) is 2.58. The third kappa shape index (κ3) is 3.39. The molecule has 4 aromatic rings. The lowest BCUT2D eigenvalue weighted by molar-refractivity contribution is 0.311. The Morgan fingerprint density at radius 1 is 1.22 bits per heavy atom.